The van der Waals surface area contributed by atoms with Crippen LogP contribution in [0.4, 0.5) is 0 Å². The van der Waals surface area contributed by atoms with Crippen molar-refractivity contribution in [2.45, 2.75) is 19.3 Å². The maximum Gasteiger partial charge on any atom is 0.226 e. The summed E-state index contributed by atoms with van der Waals surface area (Å²) in [6.45, 7) is 2.10. The summed E-state index contributed by atoms with van der Waals surface area (Å²) in [6, 6.07) is 4.00. The number of hydrogen-bond acceptors (Lipinski definition) is 3. The molecule has 0 radical (unpaired) electrons. The molecule has 0 aliphatic heterocycles. The number of hydrogen-bond donors (Lipinski definition) is 0. The Morgan fingerprint density at radius 3 is 2.32 bits per heavy atom. The van der Waals surface area contributed by atoms with Crippen LogP contribution >= 0.6 is 0 Å². The highest BCUT2D eigenvalue weighted by atomic mass is 16.5. The monoisotopic (exact) mass is 263 g/mol. The molecule has 1 aliphatic carbocycles. The van der Waals surface area contributed by atoms with Crippen LogP contribution in [-0.4, -0.2) is 39.1 Å². The lowest BCUT2D eigenvalue weighted by atomic mass is 9.93. The number of amides is 1. The molecule has 4 nitrogen and oxygen atoms in total. The van der Waals surface area contributed by atoms with Crippen LogP contribution in [0.25, 0.3) is 0 Å². The summed E-state index contributed by atoms with van der Waals surface area (Å²) in [4.78, 5) is 13.9. The van der Waals surface area contributed by atoms with Crippen molar-refractivity contribution in [1.29, 1.82) is 0 Å². The molecular weight excluding hydrogens is 242 g/mol. The Kier molecular flexibility index (Phi) is 3.69. The zero-order valence-corrected chi connectivity index (χ0v) is 12.2. The van der Waals surface area contributed by atoms with Crippen molar-refractivity contribution in [3.05, 3.63) is 23.3 Å². The van der Waals surface area contributed by atoms with Gasteiger partial charge in [-0.3, -0.25) is 4.79 Å². The zero-order chi connectivity index (χ0) is 14.2. The molecule has 0 heterocycles. The minimum absolute atomic E-state index is 0.0156. The van der Waals surface area contributed by atoms with E-state index in [9.17, 15) is 4.79 Å². The first-order valence-electron chi connectivity index (χ1n) is 6.45. The van der Waals surface area contributed by atoms with Crippen LogP contribution in [0, 0.1) is 5.92 Å². The van der Waals surface area contributed by atoms with Gasteiger partial charge in [0.05, 0.1) is 14.2 Å². The molecule has 1 aliphatic rings. The number of carbonyl (C=O) groups is 1. The first kappa shape index (κ1) is 13.7. The van der Waals surface area contributed by atoms with Crippen LogP contribution in [0.3, 0.4) is 0 Å². The summed E-state index contributed by atoms with van der Waals surface area (Å²) in [7, 11) is 6.87. The lowest BCUT2D eigenvalue weighted by Crippen LogP contribution is -2.31. The van der Waals surface area contributed by atoms with E-state index in [-0.39, 0.29) is 17.7 Å². The first-order valence-corrected chi connectivity index (χ1v) is 6.45. The van der Waals surface area contributed by atoms with Gasteiger partial charge in [-0.05, 0) is 35.6 Å². The van der Waals surface area contributed by atoms with Gasteiger partial charge < -0.3 is 14.4 Å². The second-order valence-electron chi connectivity index (χ2n) is 5.24. The normalized spacial score (nSPS) is 20.9. The van der Waals surface area contributed by atoms with Crippen molar-refractivity contribution in [2.75, 3.05) is 28.3 Å². The highest BCUT2D eigenvalue weighted by molar-refractivity contribution is 5.81. The molecule has 0 N–H and O–H groups in total. The van der Waals surface area contributed by atoms with Gasteiger partial charge in [0.25, 0.3) is 0 Å². The SMILES string of the molecule is COc1cc2c(cc1OC)[C@@H](C)[C@@H](C(=O)N(C)C)C2. The summed E-state index contributed by atoms with van der Waals surface area (Å²) in [5.74, 6) is 1.87. The number of ether oxygens (including phenoxy) is 2. The van der Waals surface area contributed by atoms with E-state index in [0.29, 0.717) is 0 Å². The minimum Gasteiger partial charge on any atom is -0.493 e. The first-order chi connectivity index (χ1) is 8.99. The predicted octanol–water partition coefficient (Wildman–Crippen LogP) is 2.07. The molecule has 0 fully saturated rings. The summed E-state index contributed by atoms with van der Waals surface area (Å²) < 4.78 is 10.7. The van der Waals surface area contributed by atoms with E-state index in [4.69, 9.17) is 9.47 Å². The van der Waals surface area contributed by atoms with E-state index >= 15 is 0 Å². The molecule has 104 valence electrons. The van der Waals surface area contributed by atoms with Crippen LogP contribution in [0.1, 0.15) is 24.0 Å². The van der Waals surface area contributed by atoms with Crippen LogP contribution < -0.4 is 9.47 Å². The summed E-state index contributed by atoms with van der Waals surface area (Å²) in [6.07, 6.45) is 0.772. The van der Waals surface area contributed by atoms with Crippen LogP contribution in [0.5, 0.6) is 11.5 Å². The Labute approximate surface area is 114 Å². The molecule has 2 atom stereocenters. The molecule has 0 saturated carbocycles. The van der Waals surface area contributed by atoms with Crippen molar-refractivity contribution >= 4 is 5.91 Å². The Balaban J connectivity index is 2.38. The van der Waals surface area contributed by atoms with E-state index in [1.54, 1.807) is 33.2 Å². The fraction of sp³-hybridized carbons (Fsp3) is 0.533. The van der Waals surface area contributed by atoms with Crippen molar-refractivity contribution < 1.29 is 14.3 Å². The smallest absolute Gasteiger partial charge is 0.226 e. The van der Waals surface area contributed by atoms with Gasteiger partial charge in [0.1, 0.15) is 0 Å². The van der Waals surface area contributed by atoms with Gasteiger partial charge in [0.15, 0.2) is 11.5 Å². The lowest BCUT2D eigenvalue weighted by Gasteiger charge is -2.19. The predicted molar refractivity (Wildman–Crippen MR) is 73.8 cm³/mol. The quantitative estimate of drug-likeness (QED) is 0.838. The van der Waals surface area contributed by atoms with Gasteiger partial charge in [-0.15, -0.1) is 0 Å². The molecule has 1 aromatic rings. The van der Waals surface area contributed by atoms with Crippen LogP contribution in [-0.2, 0) is 11.2 Å². The second kappa shape index (κ2) is 5.11. The average Bonchev–Trinajstić information content (AvgIpc) is 2.72. The van der Waals surface area contributed by atoms with E-state index in [0.717, 1.165) is 17.9 Å². The Hall–Kier alpha value is -1.71. The highest BCUT2D eigenvalue weighted by Crippen LogP contribution is 2.43. The molecule has 1 amide bonds. The van der Waals surface area contributed by atoms with Gasteiger partial charge >= 0.3 is 0 Å². The van der Waals surface area contributed by atoms with Crippen molar-refractivity contribution in [1.82, 2.24) is 4.90 Å². The summed E-state index contributed by atoms with van der Waals surface area (Å²) >= 11 is 0. The molecule has 4 heteroatoms. The maximum absolute atomic E-state index is 12.2. The minimum atomic E-state index is 0.0156. The van der Waals surface area contributed by atoms with Gasteiger partial charge in [0, 0.05) is 20.0 Å². The highest BCUT2D eigenvalue weighted by Gasteiger charge is 2.36. The fourth-order valence-electron chi connectivity index (χ4n) is 2.80. The number of rotatable bonds is 3. The van der Waals surface area contributed by atoms with Gasteiger partial charge in [0.2, 0.25) is 5.91 Å². The fourth-order valence-corrected chi connectivity index (χ4v) is 2.80. The average molecular weight is 263 g/mol. The number of benzene rings is 1. The molecule has 0 saturated heterocycles. The molecule has 0 unspecified atom stereocenters. The van der Waals surface area contributed by atoms with E-state index in [1.807, 2.05) is 12.1 Å². The number of fused-ring (bicyclic) bond motifs is 1. The standard InChI is InChI=1S/C15H21NO3/c1-9-11-8-14(19-5)13(18-4)7-10(11)6-12(9)15(17)16(2)3/h7-9,12H,6H2,1-5H3/t9-,12+/m1/s1. The number of methoxy groups -OCH3 is 2. The Morgan fingerprint density at radius 2 is 1.79 bits per heavy atom. The molecule has 2 rings (SSSR count). The Morgan fingerprint density at radius 1 is 1.21 bits per heavy atom. The van der Waals surface area contributed by atoms with Crippen molar-refractivity contribution in [2.24, 2.45) is 5.92 Å². The van der Waals surface area contributed by atoms with Crippen LogP contribution in [0.15, 0.2) is 12.1 Å². The Bertz CT molecular complexity index is 496. The van der Waals surface area contributed by atoms with Crippen LogP contribution in [0.2, 0.25) is 0 Å². The lowest BCUT2D eigenvalue weighted by molar-refractivity contribution is -0.133. The van der Waals surface area contributed by atoms with E-state index < -0.39 is 0 Å². The molecular formula is C15H21NO3. The van der Waals surface area contributed by atoms with Gasteiger partial charge in [-0.25, -0.2) is 0 Å². The third-order valence-electron chi connectivity index (χ3n) is 3.94. The van der Waals surface area contributed by atoms with Crippen molar-refractivity contribution in [3.63, 3.8) is 0 Å². The van der Waals surface area contributed by atoms with Crippen molar-refractivity contribution in [3.8, 4) is 11.5 Å². The summed E-state index contributed by atoms with van der Waals surface area (Å²) in [5.41, 5.74) is 2.38. The molecule has 1 aromatic carbocycles. The third kappa shape index (κ3) is 2.27. The molecule has 19 heavy (non-hydrogen) atoms. The van der Waals surface area contributed by atoms with Gasteiger partial charge in [-0.1, -0.05) is 6.92 Å². The third-order valence-corrected chi connectivity index (χ3v) is 3.94. The van der Waals surface area contributed by atoms with E-state index in [1.165, 1.54) is 11.1 Å². The molecule has 0 spiro atoms. The van der Waals surface area contributed by atoms with Gasteiger partial charge in [-0.2, -0.15) is 0 Å². The van der Waals surface area contributed by atoms with E-state index in [2.05, 4.69) is 6.92 Å². The molecule has 0 aromatic heterocycles. The zero-order valence-electron chi connectivity index (χ0n) is 12.2. The largest absolute Gasteiger partial charge is 0.493 e. The topological polar surface area (TPSA) is 38.8 Å². The maximum atomic E-state index is 12.2. The second-order valence-corrected chi connectivity index (χ2v) is 5.24. The number of nitrogens with zero attached hydrogens (tertiary/aromatic N) is 1. The summed E-state index contributed by atoms with van der Waals surface area (Å²) in [5, 5.41) is 0. The molecule has 0 bridgehead atoms. The number of carbonyl (C=O) groups excluding carboxylic acids is 1.